The summed E-state index contributed by atoms with van der Waals surface area (Å²) >= 11 is 0. The summed E-state index contributed by atoms with van der Waals surface area (Å²) in [6.45, 7) is 0.0328. The summed E-state index contributed by atoms with van der Waals surface area (Å²) < 4.78 is 0. The smallest absolute Gasteiger partial charge is 0.342 e. The molecule has 9 nitrogen and oxygen atoms in total. The highest BCUT2D eigenvalue weighted by molar-refractivity contribution is 6.01. The second-order valence-electron chi connectivity index (χ2n) is 4.57. The number of nitro groups is 1. The summed E-state index contributed by atoms with van der Waals surface area (Å²) in [4.78, 5) is 45.1. The van der Waals surface area contributed by atoms with Crippen LogP contribution in [0.15, 0.2) is 18.2 Å². The van der Waals surface area contributed by atoms with Crippen molar-refractivity contribution in [3.05, 3.63) is 33.9 Å². The van der Waals surface area contributed by atoms with Gasteiger partial charge in [0.2, 0.25) is 11.8 Å². The van der Waals surface area contributed by atoms with E-state index in [0.717, 1.165) is 12.1 Å². The lowest BCUT2D eigenvalue weighted by Crippen LogP contribution is -2.28. The van der Waals surface area contributed by atoms with Crippen molar-refractivity contribution in [3.8, 4) is 0 Å². The first kappa shape index (κ1) is 14.4. The van der Waals surface area contributed by atoms with Crippen LogP contribution in [0.25, 0.3) is 0 Å². The van der Waals surface area contributed by atoms with Crippen LogP contribution < -0.4 is 10.6 Å². The Morgan fingerprint density at radius 1 is 1.43 bits per heavy atom. The van der Waals surface area contributed by atoms with E-state index in [9.17, 15) is 24.5 Å². The van der Waals surface area contributed by atoms with Crippen LogP contribution in [0.1, 0.15) is 16.8 Å². The van der Waals surface area contributed by atoms with Crippen molar-refractivity contribution in [3.63, 3.8) is 0 Å². The van der Waals surface area contributed by atoms with E-state index >= 15 is 0 Å². The number of nitrogens with zero attached hydrogens (tertiary/aromatic N) is 2. The van der Waals surface area contributed by atoms with Gasteiger partial charge in [-0.25, -0.2) is 4.79 Å². The molecular weight excluding hydrogens is 282 g/mol. The van der Waals surface area contributed by atoms with Crippen molar-refractivity contribution in [2.45, 2.75) is 6.42 Å². The molecule has 1 heterocycles. The van der Waals surface area contributed by atoms with Gasteiger partial charge in [-0.05, 0) is 12.1 Å². The van der Waals surface area contributed by atoms with Gasteiger partial charge in [-0.1, -0.05) is 0 Å². The Labute approximate surface area is 118 Å². The normalized spacial score (nSPS) is 17.8. The molecule has 1 aromatic rings. The van der Waals surface area contributed by atoms with Crippen molar-refractivity contribution < 1.29 is 24.4 Å². The molecular formula is C12H11N3O6. The van der Waals surface area contributed by atoms with Gasteiger partial charge in [0.25, 0.3) is 5.69 Å². The Bertz CT molecular complexity index is 656. The van der Waals surface area contributed by atoms with Crippen molar-refractivity contribution in [2.75, 3.05) is 11.4 Å². The number of benzene rings is 1. The predicted octanol–water partition coefficient (Wildman–Crippen LogP) is 0.131. The van der Waals surface area contributed by atoms with Crippen molar-refractivity contribution in [1.82, 2.24) is 0 Å². The highest BCUT2D eigenvalue weighted by atomic mass is 16.6. The van der Waals surface area contributed by atoms with Crippen LogP contribution >= 0.6 is 0 Å². The Kier molecular flexibility index (Phi) is 3.57. The van der Waals surface area contributed by atoms with Crippen LogP contribution in [0.3, 0.4) is 0 Å². The summed E-state index contributed by atoms with van der Waals surface area (Å²) in [5.74, 6) is -3.13. The SMILES string of the molecule is NC(=O)C1CC(=O)N(c2ccc([N+](=O)[O-])c(C(=O)O)c2)C1. The van der Waals surface area contributed by atoms with Gasteiger partial charge in [0.1, 0.15) is 5.56 Å². The Balaban J connectivity index is 2.40. The van der Waals surface area contributed by atoms with Gasteiger partial charge in [-0.15, -0.1) is 0 Å². The number of amides is 2. The molecule has 1 unspecified atom stereocenters. The summed E-state index contributed by atoms with van der Waals surface area (Å²) in [5, 5.41) is 19.8. The van der Waals surface area contributed by atoms with Gasteiger partial charge in [-0.3, -0.25) is 19.7 Å². The zero-order valence-electron chi connectivity index (χ0n) is 10.7. The molecule has 0 radical (unpaired) electrons. The number of nitrogens with two attached hydrogens (primary N) is 1. The highest BCUT2D eigenvalue weighted by Crippen LogP contribution is 2.29. The topological polar surface area (TPSA) is 144 Å². The van der Waals surface area contributed by atoms with Crippen LogP contribution in [0.5, 0.6) is 0 Å². The zero-order valence-corrected chi connectivity index (χ0v) is 10.7. The molecule has 0 bridgehead atoms. The lowest BCUT2D eigenvalue weighted by Gasteiger charge is -2.16. The minimum Gasteiger partial charge on any atom is -0.477 e. The Morgan fingerprint density at radius 2 is 2.10 bits per heavy atom. The average Bonchev–Trinajstić information content (AvgIpc) is 2.80. The maximum atomic E-state index is 11.8. The third-order valence-electron chi connectivity index (χ3n) is 3.25. The molecule has 2 amide bonds. The molecule has 0 aromatic heterocycles. The Hall–Kier alpha value is -2.97. The van der Waals surface area contributed by atoms with Crippen molar-refractivity contribution in [1.29, 1.82) is 0 Å². The fourth-order valence-electron chi connectivity index (χ4n) is 2.17. The van der Waals surface area contributed by atoms with Crippen LogP contribution in [-0.2, 0) is 9.59 Å². The molecule has 1 aliphatic heterocycles. The second kappa shape index (κ2) is 5.19. The standard InChI is InChI=1S/C12H11N3O6/c13-11(17)6-3-10(16)14(5-6)7-1-2-9(15(20)21)8(4-7)12(18)19/h1-2,4,6H,3,5H2,(H2,13,17)(H,18,19). The number of aromatic carboxylic acids is 1. The monoisotopic (exact) mass is 293 g/mol. The van der Waals surface area contributed by atoms with E-state index < -0.39 is 34.0 Å². The number of nitro benzene ring substituents is 1. The molecule has 1 atom stereocenters. The largest absolute Gasteiger partial charge is 0.477 e. The third-order valence-corrected chi connectivity index (χ3v) is 3.25. The van der Waals surface area contributed by atoms with E-state index in [2.05, 4.69) is 0 Å². The van der Waals surface area contributed by atoms with Crippen LogP contribution in [0, 0.1) is 16.0 Å². The lowest BCUT2D eigenvalue weighted by molar-refractivity contribution is -0.385. The molecule has 1 saturated heterocycles. The average molecular weight is 293 g/mol. The van der Waals surface area contributed by atoms with E-state index in [4.69, 9.17) is 10.8 Å². The van der Waals surface area contributed by atoms with Crippen LogP contribution in [0.2, 0.25) is 0 Å². The first-order valence-electron chi connectivity index (χ1n) is 5.92. The van der Waals surface area contributed by atoms with E-state index in [-0.39, 0.29) is 24.6 Å². The number of carboxylic acids is 1. The summed E-state index contributed by atoms with van der Waals surface area (Å²) in [6, 6.07) is 3.33. The molecule has 21 heavy (non-hydrogen) atoms. The predicted molar refractivity (Wildman–Crippen MR) is 69.7 cm³/mol. The fraction of sp³-hybridized carbons (Fsp3) is 0.250. The van der Waals surface area contributed by atoms with Crippen molar-refractivity contribution in [2.24, 2.45) is 11.7 Å². The first-order valence-corrected chi connectivity index (χ1v) is 5.92. The zero-order chi connectivity index (χ0) is 15.7. The maximum absolute atomic E-state index is 11.8. The first-order chi connectivity index (χ1) is 9.81. The van der Waals surface area contributed by atoms with Gasteiger partial charge in [0.15, 0.2) is 0 Å². The van der Waals surface area contributed by atoms with Gasteiger partial charge in [-0.2, -0.15) is 0 Å². The summed E-state index contributed by atoms with van der Waals surface area (Å²) in [5.41, 5.74) is 4.24. The van der Waals surface area contributed by atoms with E-state index in [1.165, 1.54) is 11.0 Å². The highest BCUT2D eigenvalue weighted by Gasteiger charge is 2.34. The number of hydrogen-bond donors (Lipinski definition) is 2. The summed E-state index contributed by atoms with van der Waals surface area (Å²) in [6.07, 6.45) is -0.0608. The summed E-state index contributed by atoms with van der Waals surface area (Å²) in [7, 11) is 0. The van der Waals surface area contributed by atoms with Gasteiger partial charge in [0, 0.05) is 24.7 Å². The molecule has 1 aliphatic rings. The molecule has 0 saturated carbocycles. The molecule has 0 aliphatic carbocycles. The lowest BCUT2D eigenvalue weighted by atomic mass is 10.1. The minimum atomic E-state index is -1.47. The quantitative estimate of drug-likeness (QED) is 0.596. The maximum Gasteiger partial charge on any atom is 0.342 e. The van der Waals surface area contributed by atoms with E-state index in [1.54, 1.807) is 0 Å². The molecule has 2 rings (SSSR count). The number of carbonyl (C=O) groups excluding carboxylic acids is 2. The number of carboxylic acid groups (broad SMARTS) is 1. The minimum absolute atomic E-state index is 0.0328. The van der Waals surface area contributed by atoms with Gasteiger partial charge >= 0.3 is 5.97 Å². The molecule has 110 valence electrons. The number of rotatable bonds is 4. The third kappa shape index (κ3) is 2.66. The fourth-order valence-corrected chi connectivity index (χ4v) is 2.17. The van der Waals surface area contributed by atoms with Crippen LogP contribution in [0.4, 0.5) is 11.4 Å². The van der Waals surface area contributed by atoms with Gasteiger partial charge < -0.3 is 15.7 Å². The molecule has 1 fully saturated rings. The second-order valence-corrected chi connectivity index (χ2v) is 4.57. The number of anilines is 1. The molecule has 9 heteroatoms. The van der Waals surface area contributed by atoms with E-state index in [1.807, 2.05) is 0 Å². The van der Waals surface area contributed by atoms with E-state index in [0.29, 0.717) is 0 Å². The van der Waals surface area contributed by atoms with Crippen molar-refractivity contribution >= 4 is 29.2 Å². The molecule has 3 N–H and O–H groups in total. The Morgan fingerprint density at radius 3 is 2.57 bits per heavy atom. The number of carbonyl (C=O) groups is 3. The molecule has 0 spiro atoms. The van der Waals surface area contributed by atoms with Gasteiger partial charge in [0.05, 0.1) is 10.8 Å². The van der Waals surface area contributed by atoms with Crippen LogP contribution in [-0.4, -0.2) is 34.4 Å². The number of primary amides is 1. The molecule has 1 aromatic carbocycles. The number of hydrogen-bond acceptors (Lipinski definition) is 5.